The van der Waals surface area contributed by atoms with Crippen molar-refractivity contribution >= 4 is 17.5 Å². The highest BCUT2D eigenvalue weighted by atomic mass is 16.5. The first-order valence-corrected chi connectivity index (χ1v) is 7.54. The molecule has 0 aliphatic carbocycles. The molecule has 0 aromatic carbocycles. The van der Waals surface area contributed by atoms with Gasteiger partial charge in [0, 0.05) is 43.0 Å². The van der Waals surface area contributed by atoms with Crippen LogP contribution in [0.3, 0.4) is 0 Å². The van der Waals surface area contributed by atoms with Crippen molar-refractivity contribution in [3.8, 4) is 0 Å². The molecule has 2 heterocycles. The molecule has 0 aliphatic heterocycles. The standard InChI is InChI=1S/C16H20N4O3/c1-3-11(2)13-10-14(23-20-13)16(22)18-9-6-15(21)19-12-4-7-17-8-5-12/h4-5,7-8,10-11H,3,6,9H2,1-2H3,(H,18,22)(H,17,19,21)/t11-/m0/s1. The third-order valence-electron chi connectivity index (χ3n) is 3.47. The summed E-state index contributed by atoms with van der Waals surface area (Å²) in [7, 11) is 0. The molecular formula is C16H20N4O3. The largest absolute Gasteiger partial charge is 0.351 e. The van der Waals surface area contributed by atoms with Crippen molar-refractivity contribution in [1.82, 2.24) is 15.5 Å². The summed E-state index contributed by atoms with van der Waals surface area (Å²) in [4.78, 5) is 27.5. The van der Waals surface area contributed by atoms with Crippen LogP contribution in [-0.2, 0) is 4.79 Å². The highest BCUT2D eigenvalue weighted by Gasteiger charge is 2.15. The molecule has 2 aromatic rings. The molecule has 2 amide bonds. The van der Waals surface area contributed by atoms with Gasteiger partial charge in [0.25, 0.3) is 5.91 Å². The summed E-state index contributed by atoms with van der Waals surface area (Å²) in [5.74, 6) is -0.153. The molecule has 2 aromatic heterocycles. The number of amides is 2. The summed E-state index contributed by atoms with van der Waals surface area (Å²) in [6.07, 6.45) is 4.27. The molecule has 2 N–H and O–H groups in total. The van der Waals surface area contributed by atoms with E-state index in [-0.39, 0.29) is 36.5 Å². The lowest BCUT2D eigenvalue weighted by atomic mass is 10.1. The minimum absolute atomic E-state index is 0.162. The minimum Gasteiger partial charge on any atom is -0.351 e. The highest BCUT2D eigenvalue weighted by Crippen LogP contribution is 2.17. The Hall–Kier alpha value is -2.70. The number of pyridine rings is 1. The van der Waals surface area contributed by atoms with E-state index in [1.165, 1.54) is 0 Å². The lowest BCUT2D eigenvalue weighted by Crippen LogP contribution is -2.27. The summed E-state index contributed by atoms with van der Waals surface area (Å²) in [5, 5.41) is 9.24. The molecule has 0 saturated carbocycles. The summed E-state index contributed by atoms with van der Waals surface area (Å²) < 4.78 is 5.03. The number of rotatable bonds is 7. The van der Waals surface area contributed by atoms with Gasteiger partial charge < -0.3 is 15.2 Å². The normalized spacial score (nSPS) is 11.7. The van der Waals surface area contributed by atoms with Gasteiger partial charge in [0.2, 0.25) is 11.7 Å². The van der Waals surface area contributed by atoms with Gasteiger partial charge in [0.15, 0.2) is 0 Å². The van der Waals surface area contributed by atoms with Crippen molar-refractivity contribution in [3.63, 3.8) is 0 Å². The SMILES string of the molecule is CC[C@H](C)c1cc(C(=O)NCCC(=O)Nc2ccncc2)on1. The molecular weight excluding hydrogens is 296 g/mol. The Kier molecular flexibility index (Phi) is 5.85. The summed E-state index contributed by atoms with van der Waals surface area (Å²) in [6, 6.07) is 5.03. The third kappa shape index (κ3) is 4.91. The van der Waals surface area contributed by atoms with Crippen molar-refractivity contribution < 1.29 is 14.1 Å². The first-order valence-electron chi connectivity index (χ1n) is 7.54. The maximum atomic E-state index is 11.9. The predicted molar refractivity (Wildman–Crippen MR) is 85.0 cm³/mol. The molecule has 7 heteroatoms. The van der Waals surface area contributed by atoms with Crippen molar-refractivity contribution in [1.29, 1.82) is 0 Å². The number of anilines is 1. The lowest BCUT2D eigenvalue weighted by molar-refractivity contribution is -0.116. The van der Waals surface area contributed by atoms with E-state index in [1.54, 1.807) is 30.6 Å². The molecule has 0 fully saturated rings. The van der Waals surface area contributed by atoms with Gasteiger partial charge in [-0.2, -0.15) is 0 Å². The Labute approximate surface area is 134 Å². The van der Waals surface area contributed by atoms with Gasteiger partial charge in [0.1, 0.15) is 0 Å². The second-order valence-electron chi connectivity index (χ2n) is 5.22. The molecule has 0 aliphatic rings. The molecule has 0 unspecified atom stereocenters. The van der Waals surface area contributed by atoms with Gasteiger partial charge in [-0.1, -0.05) is 19.0 Å². The number of hydrogen-bond acceptors (Lipinski definition) is 5. The van der Waals surface area contributed by atoms with Gasteiger partial charge in [-0.05, 0) is 18.6 Å². The van der Waals surface area contributed by atoms with E-state index in [1.807, 2.05) is 13.8 Å². The zero-order valence-electron chi connectivity index (χ0n) is 13.2. The first kappa shape index (κ1) is 16.7. The molecule has 23 heavy (non-hydrogen) atoms. The minimum atomic E-state index is -0.372. The molecule has 0 saturated heterocycles. The van der Waals surface area contributed by atoms with Gasteiger partial charge in [-0.3, -0.25) is 14.6 Å². The number of nitrogens with zero attached hydrogens (tertiary/aromatic N) is 2. The molecule has 122 valence electrons. The van der Waals surface area contributed by atoms with E-state index >= 15 is 0 Å². The van der Waals surface area contributed by atoms with Crippen molar-refractivity contribution in [2.75, 3.05) is 11.9 Å². The Bertz CT molecular complexity index is 654. The second kappa shape index (κ2) is 8.07. The van der Waals surface area contributed by atoms with Crippen LogP contribution in [0.25, 0.3) is 0 Å². The monoisotopic (exact) mass is 316 g/mol. The van der Waals surface area contributed by atoms with Crippen LogP contribution in [0, 0.1) is 0 Å². The fourth-order valence-corrected chi connectivity index (χ4v) is 1.87. The van der Waals surface area contributed by atoms with E-state index < -0.39 is 0 Å². The Morgan fingerprint density at radius 1 is 1.30 bits per heavy atom. The topological polar surface area (TPSA) is 97.1 Å². The number of nitrogens with one attached hydrogen (secondary N) is 2. The van der Waals surface area contributed by atoms with E-state index in [0.29, 0.717) is 5.69 Å². The van der Waals surface area contributed by atoms with Crippen LogP contribution in [0.5, 0.6) is 0 Å². The number of carbonyl (C=O) groups excluding carboxylic acids is 2. The zero-order valence-corrected chi connectivity index (χ0v) is 13.2. The first-order chi connectivity index (χ1) is 11.1. The Morgan fingerprint density at radius 3 is 2.74 bits per heavy atom. The maximum Gasteiger partial charge on any atom is 0.289 e. The highest BCUT2D eigenvalue weighted by molar-refractivity contribution is 5.93. The van der Waals surface area contributed by atoms with Crippen LogP contribution < -0.4 is 10.6 Å². The average molecular weight is 316 g/mol. The van der Waals surface area contributed by atoms with E-state index in [2.05, 4.69) is 20.8 Å². The Balaban J connectivity index is 1.76. The van der Waals surface area contributed by atoms with Crippen molar-refractivity contribution in [2.45, 2.75) is 32.6 Å². The average Bonchev–Trinajstić information content (AvgIpc) is 3.05. The van der Waals surface area contributed by atoms with Crippen molar-refractivity contribution in [3.05, 3.63) is 42.0 Å². The maximum absolute atomic E-state index is 11.9. The lowest BCUT2D eigenvalue weighted by Gasteiger charge is -2.05. The quantitative estimate of drug-likeness (QED) is 0.817. The van der Waals surface area contributed by atoms with Crippen LogP contribution in [-0.4, -0.2) is 28.5 Å². The molecule has 0 spiro atoms. The predicted octanol–water partition coefficient (Wildman–Crippen LogP) is 2.34. The van der Waals surface area contributed by atoms with Crippen LogP contribution in [0.2, 0.25) is 0 Å². The molecule has 0 bridgehead atoms. The fourth-order valence-electron chi connectivity index (χ4n) is 1.87. The number of aromatic nitrogens is 2. The van der Waals surface area contributed by atoms with Gasteiger partial charge in [-0.25, -0.2) is 0 Å². The number of carbonyl (C=O) groups is 2. The molecule has 0 radical (unpaired) electrons. The third-order valence-corrected chi connectivity index (χ3v) is 3.47. The van der Waals surface area contributed by atoms with Crippen molar-refractivity contribution in [2.24, 2.45) is 0 Å². The van der Waals surface area contributed by atoms with Crippen LogP contribution in [0.1, 0.15) is 48.9 Å². The molecule has 2 rings (SSSR count). The second-order valence-corrected chi connectivity index (χ2v) is 5.22. The molecule has 1 atom stereocenters. The summed E-state index contributed by atoms with van der Waals surface area (Å²) in [5.41, 5.74) is 1.43. The van der Waals surface area contributed by atoms with Crippen LogP contribution in [0.15, 0.2) is 35.1 Å². The van der Waals surface area contributed by atoms with E-state index in [4.69, 9.17) is 4.52 Å². The zero-order chi connectivity index (χ0) is 16.7. The summed E-state index contributed by atoms with van der Waals surface area (Å²) >= 11 is 0. The van der Waals surface area contributed by atoms with E-state index in [0.717, 1.165) is 12.1 Å². The van der Waals surface area contributed by atoms with Crippen LogP contribution in [0.4, 0.5) is 5.69 Å². The van der Waals surface area contributed by atoms with E-state index in [9.17, 15) is 9.59 Å². The van der Waals surface area contributed by atoms with Gasteiger partial charge in [-0.15, -0.1) is 0 Å². The number of hydrogen-bond donors (Lipinski definition) is 2. The smallest absolute Gasteiger partial charge is 0.289 e. The van der Waals surface area contributed by atoms with Gasteiger partial charge >= 0.3 is 0 Å². The summed E-state index contributed by atoms with van der Waals surface area (Å²) in [6.45, 7) is 4.28. The van der Waals surface area contributed by atoms with Crippen LogP contribution >= 0.6 is 0 Å². The fraction of sp³-hybridized carbons (Fsp3) is 0.375. The molecule has 7 nitrogen and oxygen atoms in total. The van der Waals surface area contributed by atoms with Gasteiger partial charge in [0.05, 0.1) is 5.69 Å². The Morgan fingerprint density at radius 2 is 2.04 bits per heavy atom.